The summed E-state index contributed by atoms with van der Waals surface area (Å²) in [4.78, 5) is 18.2. The fraction of sp³-hybridized carbons (Fsp3) is 0.500. The molecule has 3 heterocycles. The van der Waals surface area contributed by atoms with Gasteiger partial charge in [0.2, 0.25) is 0 Å². The molecule has 0 radical (unpaired) electrons. The minimum absolute atomic E-state index is 0.0424. The summed E-state index contributed by atoms with van der Waals surface area (Å²) < 4.78 is 20.3. The molecule has 35 heavy (non-hydrogen) atoms. The lowest BCUT2D eigenvalue weighted by molar-refractivity contribution is -0.111. The van der Waals surface area contributed by atoms with Crippen molar-refractivity contribution in [3.8, 4) is 5.75 Å². The van der Waals surface area contributed by atoms with Gasteiger partial charge in [0.05, 0.1) is 5.41 Å². The smallest absolute Gasteiger partial charge is 0.176 e. The number of nitrogens with zero attached hydrogens (tertiary/aromatic N) is 4. The van der Waals surface area contributed by atoms with E-state index in [1.165, 1.54) is 25.0 Å². The fourth-order valence-corrected chi connectivity index (χ4v) is 6.28. The summed E-state index contributed by atoms with van der Waals surface area (Å²) >= 11 is 0. The number of ketones is 1. The third kappa shape index (κ3) is 4.04. The van der Waals surface area contributed by atoms with Crippen LogP contribution < -0.4 is 9.75 Å². The number of carbonyl (C=O) groups is 1. The molecule has 0 amide bonds. The van der Waals surface area contributed by atoms with Crippen LogP contribution in [0.4, 0.5) is 10.1 Å². The summed E-state index contributed by atoms with van der Waals surface area (Å²) in [6.45, 7) is 7.51. The minimum atomic E-state index is -0.604. The molecular formula is C28H33FN4O2. The van der Waals surface area contributed by atoms with Gasteiger partial charge in [-0.15, -0.1) is 0 Å². The Morgan fingerprint density at radius 1 is 1.11 bits per heavy atom. The van der Waals surface area contributed by atoms with E-state index in [1.807, 2.05) is 23.2 Å². The predicted octanol–water partition coefficient (Wildman–Crippen LogP) is 3.85. The van der Waals surface area contributed by atoms with Crippen LogP contribution in [-0.2, 0) is 10.2 Å². The van der Waals surface area contributed by atoms with Crippen molar-refractivity contribution >= 4 is 17.2 Å². The van der Waals surface area contributed by atoms with E-state index < -0.39 is 5.41 Å². The average Bonchev–Trinajstić information content (AvgIpc) is 3.67. The second-order valence-electron chi connectivity index (χ2n) is 10.3. The van der Waals surface area contributed by atoms with Gasteiger partial charge in [-0.25, -0.2) is 4.39 Å². The zero-order valence-electron chi connectivity index (χ0n) is 20.3. The molecule has 184 valence electrons. The van der Waals surface area contributed by atoms with Crippen LogP contribution in [0.2, 0.25) is 0 Å². The lowest BCUT2D eigenvalue weighted by Gasteiger charge is -2.42. The number of rotatable bonds is 7. The second kappa shape index (κ2) is 9.03. The molecule has 2 aromatic rings. The maximum absolute atomic E-state index is 14.2. The van der Waals surface area contributed by atoms with Crippen LogP contribution in [0.3, 0.4) is 0 Å². The molecule has 1 saturated carbocycles. The van der Waals surface area contributed by atoms with E-state index in [4.69, 9.17) is 9.84 Å². The van der Waals surface area contributed by atoms with Crippen molar-refractivity contribution in [1.82, 2.24) is 9.80 Å². The highest BCUT2D eigenvalue weighted by Gasteiger charge is 2.55. The number of hydrazone groups is 1. The summed E-state index contributed by atoms with van der Waals surface area (Å²) in [6.07, 6.45) is 4.46. The van der Waals surface area contributed by atoms with E-state index in [-0.39, 0.29) is 17.6 Å². The molecule has 6 nitrogen and oxygen atoms in total. The molecule has 0 unspecified atom stereocenters. The maximum atomic E-state index is 14.2. The first-order valence-corrected chi connectivity index (χ1v) is 12.9. The Kier molecular flexibility index (Phi) is 5.85. The van der Waals surface area contributed by atoms with Gasteiger partial charge in [0, 0.05) is 45.2 Å². The summed E-state index contributed by atoms with van der Waals surface area (Å²) in [5, 5.41) is 6.70. The van der Waals surface area contributed by atoms with Gasteiger partial charge in [-0.1, -0.05) is 30.3 Å². The summed E-state index contributed by atoms with van der Waals surface area (Å²) in [6, 6.07) is 15.4. The van der Waals surface area contributed by atoms with E-state index in [0.29, 0.717) is 23.8 Å². The second-order valence-corrected chi connectivity index (χ2v) is 10.3. The van der Waals surface area contributed by atoms with E-state index in [0.717, 1.165) is 57.2 Å². The molecule has 6 rings (SSSR count). The van der Waals surface area contributed by atoms with Crippen molar-refractivity contribution < 1.29 is 13.9 Å². The Labute approximate surface area is 206 Å². The van der Waals surface area contributed by atoms with Gasteiger partial charge >= 0.3 is 0 Å². The highest BCUT2D eigenvalue weighted by atomic mass is 19.1. The Balaban J connectivity index is 1.29. The highest BCUT2D eigenvalue weighted by Crippen LogP contribution is 2.48. The Bertz CT molecular complexity index is 1130. The van der Waals surface area contributed by atoms with Crippen molar-refractivity contribution in [3.63, 3.8) is 0 Å². The van der Waals surface area contributed by atoms with Gasteiger partial charge in [0.1, 0.15) is 35.6 Å². The summed E-state index contributed by atoms with van der Waals surface area (Å²) in [5.74, 6) is 0.223. The Hall–Kier alpha value is -2.77. The first kappa shape index (κ1) is 22.7. The number of Topliss-reactive ketones (excluding diaryl/α,β-unsaturated/α-hetero) is 1. The topological polar surface area (TPSA) is 48.4 Å². The van der Waals surface area contributed by atoms with Crippen LogP contribution in [0.25, 0.3) is 0 Å². The van der Waals surface area contributed by atoms with E-state index in [1.54, 1.807) is 13.0 Å². The number of ether oxygens (including phenoxy) is 1. The number of carbonyl (C=O) groups excluding carboxylic acids is 1. The zero-order chi connectivity index (χ0) is 24.0. The Morgan fingerprint density at radius 2 is 1.89 bits per heavy atom. The standard InChI is InChI=1S/C28H33FN4O2/c1-20(34)27-28(21-6-3-2-4-7-21,12-5-13-31-14-16-32(17-15-31)23-9-10-23)26-19-35-25-11-8-22(29)18-24(25)33(26)30-27/h2-4,6-8,11,18,23,26H,5,9-10,12-17,19H2,1H3/t26-,28+/m1/s1. The SMILES string of the molecule is CC(=O)C1=NN2c3cc(F)ccc3OC[C@@H]2[C@]1(CCCN1CCN(C2CC2)CC1)c1ccccc1. The van der Waals surface area contributed by atoms with Crippen LogP contribution in [-0.4, -0.2) is 72.7 Å². The van der Waals surface area contributed by atoms with Gasteiger partial charge in [0.15, 0.2) is 5.78 Å². The van der Waals surface area contributed by atoms with Crippen molar-refractivity contribution in [1.29, 1.82) is 0 Å². The van der Waals surface area contributed by atoms with Gasteiger partial charge in [0.25, 0.3) is 0 Å². The largest absolute Gasteiger partial charge is 0.489 e. The maximum Gasteiger partial charge on any atom is 0.176 e. The van der Waals surface area contributed by atoms with E-state index >= 15 is 0 Å². The number of fused-ring (bicyclic) bond motifs is 3. The molecular weight excluding hydrogens is 443 g/mol. The van der Waals surface area contributed by atoms with Gasteiger partial charge in [-0.3, -0.25) is 14.7 Å². The fourth-order valence-electron chi connectivity index (χ4n) is 6.28. The van der Waals surface area contributed by atoms with Crippen LogP contribution >= 0.6 is 0 Å². The molecule has 0 aromatic heterocycles. The molecule has 3 aliphatic heterocycles. The highest BCUT2D eigenvalue weighted by molar-refractivity contribution is 6.43. The number of hydrogen-bond donors (Lipinski definition) is 0. The van der Waals surface area contributed by atoms with Crippen LogP contribution in [0, 0.1) is 5.82 Å². The quantitative estimate of drug-likeness (QED) is 0.608. The predicted molar refractivity (Wildman–Crippen MR) is 135 cm³/mol. The zero-order valence-corrected chi connectivity index (χ0v) is 20.3. The molecule has 0 bridgehead atoms. The Morgan fingerprint density at radius 3 is 2.60 bits per heavy atom. The molecule has 1 saturated heterocycles. The summed E-state index contributed by atoms with van der Waals surface area (Å²) in [5.41, 5.74) is 1.61. The van der Waals surface area contributed by atoms with Crippen molar-refractivity contribution in [2.45, 2.75) is 50.1 Å². The summed E-state index contributed by atoms with van der Waals surface area (Å²) in [7, 11) is 0. The molecule has 7 heteroatoms. The number of piperazine rings is 1. The van der Waals surface area contributed by atoms with Crippen molar-refractivity contribution in [2.24, 2.45) is 5.10 Å². The molecule has 0 spiro atoms. The first-order chi connectivity index (χ1) is 17.1. The minimum Gasteiger partial charge on any atom is -0.489 e. The molecule has 2 fully saturated rings. The lowest BCUT2D eigenvalue weighted by atomic mass is 9.67. The van der Waals surface area contributed by atoms with Crippen molar-refractivity contribution in [3.05, 3.63) is 59.9 Å². The van der Waals surface area contributed by atoms with Crippen molar-refractivity contribution in [2.75, 3.05) is 44.3 Å². The first-order valence-electron chi connectivity index (χ1n) is 12.9. The molecule has 2 aromatic carbocycles. The third-order valence-corrected chi connectivity index (χ3v) is 8.20. The van der Waals surface area contributed by atoms with Gasteiger partial charge < -0.3 is 9.64 Å². The lowest BCUT2D eigenvalue weighted by Crippen LogP contribution is -2.54. The molecule has 0 N–H and O–H groups in total. The van der Waals surface area contributed by atoms with Gasteiger partial charge in [-0.05, 0) is 49.9 Å². The number of anilines is 1. The normalized spacial score (nSPS) is 26.6. The average molecular weight is 477 g/mol. The number of hydrogen-bond acceptors (Lipinski definition) is 6. The van der Waals surface area contributed by atoms with E-state index in [9.17, 15) is 9.18 Å². The number of benzene rings is 2. The van der Waals surface area contributed by atoms with E-state index in [2.05, 4.69) is 21.9 Å². The number of halogens is 1. The molecule has 2 atom stereocenters. The van der Waals surface area contributed by atoms with Crippen LogP contribution in [0.15, 0.2) is 53.6 Å². The van der Waals surface area contributed by atoms with Crippen LogP contribution in [0.5, 0.6) is 5.75 Å². The monoisotopic (exact) mass is 476 g/mol. The van der Waals surface area contributed by atoms with Crippen LogP contribution in [0.1, 0.15) is 38.2 Å². The van der Waals surface area contributed by atoms with Gasteiger partial charge in [-0.2, -0.15) is 5.10 Å². The molecule has 4 aliphatic rings. The molecule has 1 aliphatic carbocycles. The third-order valence-electron chi connectivity index (χ3n) is 8.20.